The van der Waals surface area contributed by atoms with Crippen LogP contribution in [0.4, 0.5) is 5.69 Å². The molecule has 0 saturated carbocycles. The molecule has 0 amide bonds. The number of carboxylic acid groups (broad SMARTS) is 1. The third-order valence-corrected chi connectivity index (χ3v) is 3.32. The van der Waals surface area contributed by atoms with E-state index in [0.717, 1.165) is 11.6 Å². The van der Waals surface area contributed by atoms with Crippen molar-refractivity contribution in [1.82, 2.24) is 0 Å². The van der Waals surface area contributed by atoms with E-state index in [2.05, 4.69) is 5.32 Å². The van der Waals surface area contributed by atoms with Gasteiger partial charge in [0.05, 0.1) is 0 Å². The summed E-state index contributed by atoms with van der Waals surface area (Å²) in [7, 11) is 0. The number of anilines is 1. The molecule has 0 spiro atoms. The lowest BCUT2D eigenvalue weighted by Crippen LogP contribution is -2.40. The second kappa shape index (κ2) is 5.36. The Hall–Kier alpha value is -2.69. The molecule has 0 aliphatic heterocycles. The van der Waals surface area contributed by atoms with Gasteiger partial charge in [0.15, 0.2) is 5.54 Å². The third-order valence-electron chi connectivity index (χ3n) is 3.32. The van der Waals surface area contributed by atoms with Crippen LogP contribution in [-0.4, -0.2) is 21.3 Å². The Kier molecular flexibility index (Phi) is 3.76. The van der Waals surface area contributed by atoms with Crippen molar-refractivity contribution in [2.75, 3.05) is 5.32 Å². The largest absolute Gasteiger partial charge is 0.508 e. The van der Waals surface area contributed by atoms with Gasteiger partial charge in [-0.2, -0.15) is 0 Å². The Labute approximate surface area is 122 Å². The number of rotatable bonds is 4. The fraction of sp³-hybridized carbons (Fsp3) is 0.188. The summed E-state index contributed by atoms with van der Waals surface area (Å²) in [6.45, 7) is 3.38. The molecule has 0 radical (unpaired) electrons. The molecule has 5 nitrogen and oxygen atoms in total. The molecule has 0 aliphatic rings. The normalized spacial score (nSPS) is 13.4. The highest BCUT2D eigenvalue weighted by Gasteiger charge is 2.36. The van der Waals surface area contributed by atoms with Crippen LogP contribution >= 0.6 is 0 Å². The monoisotopic (exact) mass is 287 g/mol. The van der Waals surface area contributed by atoms with Gasteiger partial charge in [-0.15, -0.1) is 0 Å². The Morgan fingerprint density at radius 2 is 1.71 bits per heavy atom. The van der Waals surface area contributed by atoms with E-state index >= 15 is 0 Å². The molecule has 2 aromatic rings. The number of aryl methyl sites for hydroxylation is 1. The molecule has 5 heteroatoms. The molecule has 2 rings (SSSR count). The molecule has 1 atom stereocenters. The Balaban J connectivity index is 2.47. The van der Waals surface area contributed by atoms with Crippen LogP contribution in [0.2, 0.25) is 0 Å². The van der Waals surface area contributed by atoms with Crippen LogP contribution in [0.1, 0.15) is 18.1 Å². The third kappa shape index (κ3) is 3.08. The minimum Gasteiger partial charge on any atom is -0.508 e. The van der Waals surface area contributed by atoms with Crippen LogP contribution in [0.25, 0.3) is 0 Å². The van der Waals surface area contributed by atoms with Crippen molar-refractivity contribution in [3.05, 3.63) is 53.6 Å². The van der Waals surface area contributed by atoms with Crippen molar-refractivity contribution in [2.45, 2.75) is 19.4 Å². The number of nitrogens with one attached hydrogen (secondary N) is 1. The first-order valence-electron chi connectivity index (χ1n) is 6.43. The molecule has 0 aliphatic carbocycles. The first kappa shape index (κ1) is 14.7. The topological polar surface area (TPSA) is 89.8 Å². The van der Waals surface area contributed by atoms with Crippen molar-refractivity contribution in [3.8, 4) is 11.5 Å². The van der Waals surface area contributed by atoms with E-state index in [9.17, 15) is 20.1 Å². The van der Waals surface area contributed by atoms with Crippen LogP contribution < -0.4 is 5.32 Å². The molecule has 0 aromatic heterocycles. The standard InChI is InChI=1S/C16H17NO4/c1-10-4-3-5-12(6-10)17-16(2,15(20)21)11-7-13(18)9-14(19)8-11/h3-9,17-19H,1-2H3,(H,20,21). The van der Waals surface area contributed by atoms with Crippen molar-refractivity contribution in [2.24, 2.45) is 0 Å². The number of benzene rings is 2. The lowest BCUT2D eigenvalue weighted by atomic mass is 9.91. The SMILES string of the molecule is Cc1cccc(NC(C)(C(=O)O)c2cc(O)cc(O)c2)c1. The highest BCUT2D eigenvalue weighted by atomic mass is 16.4. The van der Waals surface area contributed by atoms with E-state index in [1.165, 1.54) is 19.1 Å². The fourth-order valence-corrected chi connectivity index (χ4v) is 2.14. The highest BCUT2D eigenvalue weighted by Crippen LogP contribution is 2.32. The number of phenolic OH excluding ortho intramolecular Hbond substituents is 2. The van der Waals surface area contributed by atoms with Crippen molar-refractivity contribution >= 4 is 11.7 Å². The van der Waals surface area contributed by atoms with Crippen molar-refractivity contribution in [1.29, 1.82) is 0 Å². The summed E-state index contributed by atoms with van der Waals surface area (Å²) in [5, 5.41) is 31.7. The minimum absolute atomic E-state index is 0.191. The number of aromatic hydroxyl groups is 2. The van der Waals surface area contributed by atoms with Crippen LogP contribution in [0, 0.1) is 6.92 Å². The van der Waals surface area contributed by atoms with Crippen LogP contribution in [0.5, 0.6) is 11.5 Å². The van der Waals surface area contributed by atoms with Crippen molar-refractivity contribution < 1.29 is 20.1 Å². The highest BCUT2D eigenvalue weighted by molar-refractivity contribution is 5.84. The van der Waals surface area contributed by atoms with Gasteiger partial charge in [-0.25, -0.2) is 4.79 Å². The van der Waals surface area contributed by atoms with Crippen molar-refractivity contribution in [3.63, 3.8) is 0 Å². The van der Waals surface area contributed by atoms with E-state index in [4.69, 9.17) is 0 Å². The van der Waals surface area contributed by atoms with Gasteiger partial charge in [0, 0.05) is 11.8 Å². The number of hydrogen-bond acceptors (Lipinski definition) is 4. The summed E-state index contributed by atoms with van der Waals surface area (Å²) in [6.07, 6.45) is 0. The zero-order valence-electron chi connectivity index (χ0n) is 11.8. The predicted octanol–water partition coefficient (Wildman–Crippen LogP) is 2.82. The molecule has 4 N–H and O–H groups in total. The maximum Gasteiger partial charge on any atom is 0.333 e. The first-order valence-corrected chi connectivity index (χ1v) is 6.43. The number of aliphatic carboxylic acids is 1. The van der Waals surface area contributed by atoms with Crippen LogP contribution in [-0.2, 0) is 10.3 Å². The second-order valence-corrected chi connectivity index (χ2v) is 5.16. The van der Waals surface area contributed by atoms with E-state index < -0.39 is 11.5 Å². The molecule has 0 bridgehead atoms. The van der Waals surface area contributed by atoms with Crippen LogP contribution in [0.3, 0.4) is 0 Å². The van der Waals surface area contributed by atoms with Crippen LogP contribution in [0.15, 0.2) is 42.5 Å². The number of carbonyl (C=O) groups is 1. The average Bonchev–Trinajstić information content (AvgIpc) is 2.37. The molecule has 110 valence electrons. The Morgan fingerprint density at radius 3 is 2.24 bits per heavy atom. The fourth-order valence-electron chi connectivity index (χ4n) is 2.14. The van der Waals surface area contributed by atoms with E-state index in [1.807, 2.05) is 25.1 Å². The number of hydrogen-bond donors (Lipinski definition) is 4. The summed E-state index contributed by atoms with van der Waals surface area (Å²) >= 11 is 0. The quantitative estimate of drug-likeness (QED) is 0.694. The number of carboxylic acids is 1. The Morgan fingerprint density at radius 1 is 1.10 bits per heavy atom. The lowest BCUT2D eigenvalue weighted by Gasteiger charge is -2.28. The molecule has 2 aromatic carbocycles. The van der Waals surface area contributed by atoms with E-state index in [1.54, 1.807) is 6.07 Å². The minimum atomic E-state index is -1.48. The average molecular weight is 287 g/mol. The molecular formula is C16H17NO4. The van der Waals surface area contributed by atoms with Gasteiger partial charge in [0.1, 0.15) is 11.5 Å². The zero-order chi connectivity index (χ0) is 15.6. The van der Waals surface area contributed by atoms with E-state index in [0.29, 0.717) is 5.69 Å². The van der Waals surface area contributed by atoms with Gasteiger partial charge in [-0.1, -0.05) is 12.1 Å². The molecule has 0 fully saturated rings. The van der Waals surface area contributed by atoms with Gasteiger partial charge in [0.2, 0.25) is 0 Å². The Bertz CT molecular complexity index is 663. The van der Waals surface area contributed by atoms with E-state index in [-0.39, 0.29) is 17.1 Å². The maximum absolute atomic E-state index is 11.7. The molecular weight excluding hydrogens is 270 g/mol. The van der Waals surface area contributed by atoms with Gasteiger partial charge < -0.3 is 20.6 Å². The smallest absolute Gasteiger partial charge is 0.333 e. The lowest BCUT2D eigenvalue weighted by molar-refractivity contribution is -0.142. The molecule has 21 heavy (non-hydrogen) atoms. The molecule has 1 unspecified atom stereocenters. The van der Waals surface area contributed by atoms with Gasteiger partial charge in [-0.3, -0.25) is 0 Å². The van der Waals surface area contributed by atoms with Gasteiger partial charge >= 0.3 is 5.97 Å². The second-order valence-electron chi connectivity index (χ2n) is 5.16. The summed E-state index contributed by atoms with van der Waals surface area (Å²) in [5.74, 6) is -1.50. The number of phenols is 2. The summed E-state index contributed by atoms with van der Waals surface area (Å²) in [4.78, 5) is 11.7. The molecule has 0 saturated heterocycles. The maximum atomic E-state index is 11.7. The zero-order valence-corrected chi connectivity index (χ0v) is 11.8. The summed E-state index contributed by atoms with van der Waals surface area (Å²) < 4.78 is 0. The predicted molar refractivity (Wildman–Crippen MR) is 79.6 cm³/mol. The van der Waals surface area contributed by atoms with Gasteiger partial charge in [-0.05, 0) is 49.2 Å². The summed E-state index contributed by atoms with van der Waals surface area (Å²) in [6, 6.07) is 11.1. The molecule has 0 heterocycles. The summed E-state index contributed by atoms with van der Waals surface area (Å²) in [5.41, 5.74) is 0.410. The van der Waals surface area contributed by atoms with Gasteiger partial charge in [0.25, 0.3) is 0 Å². The first-order chi connectivity index (χ1) is 9.81.